The molecular formula is C10H21ClN2O2. The summed E-state index contributed by atoms with van der Waals surface area (Å²) < 4.78 is 5.18. The molecule has 1 heterocycles. The first-order valence-electron chi connectivity index (χ1n) is 5.05. The Kier molecular flexibility index (Phi) is 5.56. The number of morpholine rings is 1. The van der Waals surface area contributed by atoms with Gasteiger partial charge in [-0.3, -0.25) is 4.79 Å². The minimum atomic E-state index is -0.416. The number of carbonyl (C=O) groups is 1. The molecule has 1 rings (SSSR count). The van der Waals surface area contributed by atoms with Gasteiger partial charge in [0, 0.05) is 13.1 Å². The van der Waals surface area contributed by atoms with Gasteiger partial charge in [-0.15, -0.1) is 12.4 Å². The van der Waals surface area contributed by atoms with Crippen LogP contribution in [0.1, 0.15) is 20.8 Å². The molecule has 4 nitrogen and oxygen atoms in total. The summed E-state index contributed by atoms with van der Waals surface area (Å²) in [7, 11) is 0. The molecule has 0 radical (unpaired) electrons. The van der Waals surface area contributed by atoms with Crippen molar-refractivity contribution in [1.29, 1.82) is 0 Å². The lowest BCUT2D eigenvalue weighted by Gasteiger charge is -2.33. The molecule has 0 unspecified atom stereocenters. The third kappa shape index (κ3) is 3.97. The number of amides is 1. The van der Waals surface area contributed by atoms with E-state index in [-0.39, 0.29) is 23.7 Å². The van der Waals surface area contributed by atoms with Crippen molar-refractivity contribution in [1.82, 2.24) is 4.90 Å². The average Bonchev–Trinajstić information content (AvgIpc) is 2.15. The standard InChI is InChI=1S/C10H20N2O2.ClH/c1-10(2,3)8(11)9(13)12-4-6-14-7-5-12;/h8H,4-7,11H2,1-3H3;1H/t8-;/m1./s1. The SMILES string of the molecule is CC(C)(C)[C@H](N)C(=O)N1CCOCC1.Cl. The molecule has 1 saturated heterocycles. The largest absolute Gasteiger partial charge is 0.378 e. The molecule has 0 spiro atoms. The summed E-state index contributed by atoms with van der Waals surface area (Å²) in [4.78, 5) is 13.7. The predicted octanol–water partition coefficient (Wildman–Crippen LogP) is 0.640. The topological polar surface area (TPSA) is 55.6 Å². The highest BCUT2D eigenvalue weighted by Crippen LogP contribution is 2.19. The van der Waals surface area contributed by atoms with Crippen LogP contribution in [0.3, 0.4) is 0 Å². The van der Waals surface area contributed by atoms with Crippen LogP contribution in [-0.4, -0.2) is 43.2 Å². The molecule has 1 amide bonds. The molecule has 90 valence electrons. The highest BCUT2D eigenvalue weighted by Gasteiger charge is 2.31. The maximum atomic E-state index is 11.9. The van der Waals surface area contributed by atoms with Crippen molar-refractivity contribution in [2.45, 2.75) is 26.8 Å². The Bertz CT molecular complexity index is 210. The van der Waals surface area contributed by atoms with E-state index in [2.05, 4.69) is 0 Å². The minimum Gasteiger partial charge on any atom is -0.378 e. The highest BCUT2D eigenvalue weighted by atomic mass is 35.5. The lowest BCUT2D eigenvalue weighted by atomic mass is 9.86. The molecule has 15 heavy (non-hydrogen) atoms. The number of ether oxygens (including phenoxy) is 1. The Morgan fingerprint density at radius 3 is 2.20 bits per heavy atom. The summed E-state index contributed by atoms with van der Waals surface area (Å²) in [5.41, 5.74) is 5.72. The summed E-state index contributed by atoms with van der Waals surface area (Å²) in [6.45, 7) is 8.54. The van der Waals surface area contributed by atoms with E-state index in [0.717, 1.165) is 0 Å². The van der Waals surface area contributed by atoms with E-state index in [1.807, 2.05) is 20.8 Å². The summed E-state index contributed by atoms with van der Waals surface area (Å²) in [5.74, 6) is 0.0424. The van der Waals surface area contributed by atoms with Gasteiger partial charge in [-0.1, -0.05) is 20.8 Å². The Morgan fingerprint density at radius 2 is 1.80 bits per heavy atom. The van der Waals surface area contributed by atoms with Crippen molar-refractivity contribution in [3.05, 3.63) is 0 Å². The van der Waals surface area contributed by atoms with Gasteiger partial charge in [0.2, 0.25) is 5.91 Å². The van der Waals surface area contributed by atoms with Gasteiger partial charge < -0.3 is 15.4 Å². The molecule has 0 aromatic carbocycles. The third-order valence-corrected chi connectivity index (χ3v) is 2.52. The summed E-state index contributed by atoms with van der Waals surface area (Å²) >= 11 is 0. The molecule has 1 aliphatic heterocycles. The zero-order valence-corrected chi connectivity index (χ0v) is 10.5. The molecule has 0 aliphatic carbocycles. The summed E-state index contributed by atoms with van der Waals surface area (Å²) in [6.07, 6.45) is 0. The van der Waals surface area contributed by atoms with Gasteiger partial charge in [0.05, 0.1) is 19.3 Å². The molecule has 0 aromatic rings. The van der Waals surface area contributed by atoms with Gasteiger partial charge in [0.25, 0.3) is 0 Å². The highest BCUT2D eigenvalue weighted by molar-refractivity contribution is 5.85. The van der Waals surface area contributed by atoms with Crippen LogP contribution in [0.2, 0.25) is 0 Å². The second-order valence-electron chi connectivity index (χ2n) is 4.78. The molecule has 5 heteroatoms. The molecule has 1 aliphatic rings. The Morgan fingerprint density at radius 1 is 1.33 bits per heavy atom. The van der Waals surface area contributed by atoms with E-state index in [1.54, 1.807) is 4.90 Å². The van der Waals surface area contributed by atoms with Crippen LogP contribution in [0, 0.1) is 5.41 Å². The van der Waals surface area contributed by atoms with Crippen molar-refractivity contribution in [3.63, 3.8) is 0 Å². The molecule has 0 saturated carbocycles. The van der Waals surface area contributed by atoms with Gasteiger partial charge in [0.1, 0.15) is 0 Å². The molecule has 0 aromatic heterocycles. The van der Waals surface area contributed by atoms with Crippen LogP contribution in [0.15, 0.2) is 0 Å². The fraction of sp³-hybridized carbons (Fsp3) is 0.900. The molecule has 1 atom stereocenters. The number of nitrogens with two attached hydrogens (primary N) is 1. The summed E-state index contributed by atoms with van der Waals surface area (Å²) in [5, 5.41) is 0. The predicted molar refractivity (Wildman–Crippen MR) is 62.1 cm³/mol. The van der Waals surface area contributed by atoms with Crippen molar-refractivity contribution >= 4 is 18.3 Å². The van der Waals surface area contributed by atoms with Crippen molar-refractivity contribution < 1.29 is 9.53 Å². The molecule has 0 bridgehead atoms. The van der Waals surface area contributed by atoms with Gasteiger partial charge >= 0.3 is 0 Å². The van der Waals surface area contributed by atoms with Crippen molar-refractivity contribution in [3.8, 4) is 0 Å². The average molecular weight is 237 g/mol. The number of halogens is 1. The maximum absolute atomic E-state index is 11.9. The van der Waals surface area contributed by atoms with Gasteiger partial charge in [-0.2, -0.15) is 0 Å². The first kappa shape index (κ1) is 14.7. The molecule has 1 fully saturated rings. The lowest BCUT2D eigenvalue weighted by molar-refractivity contribution is -0.139. The van der Waals surface area contributed by atoms with Crippen molar-refractivity contribution in [2.75, 3.05) is 26.3 Å². The maximum Gasteiger partial charge on any atom is 0.240 e. The normalized spacial score (nSPS) is 19.3. The first-order valence-corrected chi connectivity index (χ1v) is 5.05. The number of hydrogen-bond donors (Lipinski definition) is 1. The summed E-state index contributed by atoms with van der Waals surface area (Å²) in [6, 6.07) is -0.416. The van der Waals surface area contributed by atoms with Gasteiger partial charge in [-0.25, -0.2) is 0 Å². The molecular weight excluding hydrogens is 216 g/mol. The van der Waals surface area contributed by atoms with Crippen LogP contribution in [0.4, 0.5) is 0 Å². The number of rotatable bonds is 1. The second-order valence-corrected chi connectivity index (χ2v) is 4.78. The van der Waals surface area contributed by atoms with Crippen LogP contribution in [-0.2, 0) is 9.53 Å². The third-order valence-electron chi connectivity index (χ3n) is 2.52. The van der Waals surface area contributed by atoms with Crippen molar-refractivity contribution in [2.24, 2.45) is 11.1 Å². The van der Waals surface area contributed by atoms with Crippen LogP contribution >= 0.6 is 12.4 Å². The Balaban J connectivity index is 0.00000196. The Labute approximate surface area is 97.5 Å². The van der Waals surface area contributed by atoms with Crippen LogP contribution in [0.25, 0.3) is 0 Å². The lowest BCUT2D eigenvalue weighted by Crippen LogP contribution is -2.53. The fourth-order valence-electron chi connectivity index (χ4n) is 1.35. The second kappa shape index (κ2) is 5.68. The minimum absolute atomic E-state index is 0. The Hall–Kier alpha value is -0.320. The first-order chi connectivity index (χ1) is 6.43. The van der Waals surface area contributed by atoms with E-state index in [4.69, 9.17) is 10.5 Å². The number of nitrogens with zero attached hydrogens (tertiary/aromatic N) is 1. The van der Waals surface area contributed by atoms with Crippen LogP contribution < -0.4 is 5.73 Å². The smallest absolute Gasteiger partial charge is 0.240 e. The number of hydrogen-bond acceptors (Lipinski definition) is 3. The quantitative estimate of drug-likeness (QED) is 0.727. The molecule has 2 N–H and O–H groups in total. The zero-order valence-electron chi connectivity index (χ0n) is 9.66. The van der Waals surface area contributed by atoms with Gasteiger partial charge in [-0.05, 0) is 5.41 Å². The number of carbonyl (C=O) groups excluding carboxylic acids is 1. The van der Waals surface area contributed by atoms with E-state index < -0.39 is 6.04 Å². The van der Waals surface area contributed by atoms with Crippen LogP contribution in [0.5, 0.6) is 0 Å². The zero-order chi connectivity index (χ0) is 10.8. The monoisotopic (exact) mass is 236 g/mol. The van der Waals surface area contributed by atoms with E-state index >= 15 is 0 Å². The fourth-order valence-corrected chi connectivity index (χ4v) is 1.35. The van der Waals surface area contributed by atoms with E-state index in [0.29, 0.717) is 26.3 Å². The van der Waals surface area contributed by atoms with E-state index in [9.17, 15) is 4.79 Å². The van der Waals surface area contributed by atoms with E-state index in [1.165, 1.54) is 0 Å². The van der Waals surface area contributed by atoms with Gasteiger partial charge in [0.15, 0.2) is 0 Å².